The number of carboxylic acids is 1. The van der Waals surface area contributed by atoms with E-state index in [1.807, 2.05) is 6.07 Å². The Hall–Kier alpha value is -2.13. The molecule has 2 heterocycles. The van der Waals surface area contributed by atoms with Crippen LogP contribution < -0.4 is 5.32 Å². The second-order valence-electron chi connectivity index (χ2n) is 4.47. The topological polar surface area (TPSA) is 95.2 Å². The second-order valence-corrected chi connectivity index (χ2v) is 4.47. The number of pyridine rings is 1. The summed E-state index contributed by atoms with van der Waals surface area (Å²) in [5.74, 6) is -0.917. The molecular weight excluding hydrogens is 234 g/mol. The number of carboxylic acid groups (broad SMARTS) is 1. The molecule has 0 spiro atoms. The van der Waals surface area contributed by atoms with Gasteiger partial charge in [0, 0.05) is 6.20 Å². The molecule has 1 saturated heterocycles. The van der Waals surface area contributed by atoms with Gasteiger partial charge in [-0.05, 0) is 13.0 Å². The number of hydrogen-bond donors (Lipinski definition) is 2. The van der Waals surface area contributed by atoms with Crippen molar-refractivity contribution in [2.75, 3.05) is 18.5 Å². The van der Waals surface area contributed by atoms with Gasteiger partial charge >= 0.3 is 5.97 Å². The summed E-state index contributed by atoms with van der Waals surface area (Å²) in [4.78, 5) is 15.2. The molecule has 0 aromatic carbocycles. The van der Waals surface area contributed by atoms with Crippen LogP contribution in [0.3, 0.4) is 0 Å². The minimum atomic E-state index is -0.997. The van der Waals surface area contributed by atoms with Crippen LogP contribution in [0.5, 0.6) is 0 Å². The molecule has 1 fully saturated rings. The molecule has 6 heteroatoms. The normalized spacial score (nSPS) is 26.6. The van der Waals surface area contributed by atoms with Gasteiger partial charge in [-0.15, -0.1) is 0 Å². The lowest BCUT2D eigenvalue weighted by molar-refractivity contribution is -0.148. The fraction of sp³-hybridized carbons (Fsp3) is 0.417. The molecular formula is C12H13N3O3. The summed E-state index contributed by atoms with van der Waals surface area (Å²) >= 11 is 0. The van der Waals surface area contributed by atoms with E-state index in [1.54, 1.807) is 13.0 Å². The van der Waals surface area contributed by atoms with E-state index in [1.165, 1.54) is 12.4 Å². The van der Waals surface area contributed by atoms with Crippen LogP contribution in [0.25, 0.3) is 0 Å². The lowest BCUT2D eigenvalue weighted by Gasteiger charge is -2.26. The van der Waals surface area contributed by atoms with Crippen LogP contribution in [-0.4, -0.2) is 35.3 Å². The van der Waals surface area contributed by atoms with Crippen LogP contribution in [0.1, 0.15) is 12.5 Å². The summed E-state index contributed by atoms with van der Waals surface area (Å²) in [6, 6.07) is 3.23. The summed E-state index contributed by atoms with van der Waals surface area (Å²) in [5, 5.41) is 21.3. The van der Waals surface area contributed by atoms with Gasteiger partial charge in [0.15, 0.2) is 0 Å². The highest BCUT2D eigenvalue weighted by molar-refractivity contribution is 5.77. The molecule has 2 unspecified atom stereocenters. The molecule has 0 saturated carbocycles. The van der Waals surface area contributed by atoms with E-state index in [0.29, 0.717) is 17.9 Å². The molecule has 1 aliphatic heterocycles. The highest BCUT2D eigenvalue weighted by Crippen LogP contribution is 2.31. The third-order valence-corrected chi connectivity index (χ3v) is 3.22. The number of carbonyl (C=O) groups is 1. The second kappa shape index (κ2) is 4.63. The van der Waals surface area contributed by atoms with Crippen molar-refractivity contribution in [2.24, 2.45) is 5.41 Å². The van der Waals surface area contributed by atoms with Crippen molar-refractivity contribution < 1.29 is 14.6 Å². The molecule has 0 bridgehead atoms. The fourth-order valence-corrected chi connectivity index (χ4v) is 1.88. The van der Waals surface area contributed by atoms with E-state index >= 15 is 0 Å². The Morgan fingerprint density at radius 2 is 2.56 bits per heavy atom. The maximum absolute atomic E-state index is 11.3. The molecule has 0 aliphatic carbocycles. The third kappa shape index (κ3) is 2.00. The largest absolute Gasteiger partial charge is 0.481 e. The number of anilines is 1. The molecule has 0 amide bonds. The van der Waals surface area contributed by atoms with E-state index in [2.05, 4.69) is 10.3 Å². The summed E-state index contributed by atoms with van der Waals surface area (Å²) in [6.07, 6.45) is 3.03. The van der Waals surface area contributed by atoms with E-state index in [9.17, 15) is 9.90 Å². The molecule has 6 nitrogen and oxygen atoms in total. The average Bonchev–Trinajstić information content (AvgIpc) is 2.73. The first kappa shape index (κ1) is 12.3. The molecule has 1 aromatic rings. The van der Waals surface area contributed by atoms with E-state index in [-0.39, 0.29) is 12.6 Å². The van der Waals surface area contributed by atoms with Gasteiger partial charge in [0.2, 0.25) is 0 Å². The van der Waals surface area contributed by atoms with Crippen molar-refractivity contribution in [3.63, 3.8) is 0 Å². The fourth-order valence-electron chi connectivity index (χ4n) is 1.88. The number of ether oxygens (including phenoxy) is 1. The van der Waals surface area contributed by atoms with Crippen LogP contribution >= 0.6 is 0 Å². The molecule has 2 N–H and O–H groups in total. The number of aromatic nitrogens is 1. The minimum absolute atomic E-state index is 0.155. The summed E-state index contributed by atoms with van der Waals surface area (Å²) < 4.78 is 5.23. The molecule has 18 heavy (non-hydrogen) atoms. The van der Waals surface area contributed by atoms with Crippen LogP contribution in [0, 0.1) is 16.7 Å². The predicted octanol–water partition coefficient (Wildman–Crippen LogP) is 0.855. The predicted molar refractivity (Wildman–Crippen MR) is 62.9 cm³/mol. The summed E-state index contributed by atoms with van der Waals surface area (Å²) in [7, 11) is 0. The standard InChI is InChI=1S/C12H13N3O3/c1-12(11(16)17)7-18-6-10(12)15-9-5-14-3-2-8(9)4-13/h2-3,5,10,15H,6-7H2,1H3,(H,16,17). The average molecular weight is 247 g/mol. The number of hydrogen-bond acceptors (Lipinski definition) is 5. The molecule has 2 rings (SSSR count). The Morgan fingerprint density at radius 3 is 3.22 bits per heavy atom. The minimum Gasteiger partial charge on any atom is -0.481 e. The van der Waals surface area contributed by atoms with Crippen LogP contribution in [0.4, 0.5) is 5.69 Å². The SMILES string of the molecule is CC1(C(=O)O)COCC1Nc1cnccc1C#N. The highest BCUT2D eigenvalue weighted by Gasteiger charge is 2.46. The molecule has 0 radical (unpaired) electrons. The van der Waals surface area contributed by atoms with E-state index < -0.39 is 11.4 Å². The first-order valence-corrected chi connectivity index (χ1v) is 5.49. The van der Waals surface area contributed by atoms with Gasteiger partial charge < -0.3 is 15.2 Å². The van der Waals surface area contributed by atoms with Crippen LogP contribution in [0.2, 0.25) is 0 Å². The van der Waals surface area contributed by atoms with Crippen molar-refractivity contribution in [3.8, 4) is 6.07 Å². The van der Waals surface area contributed by atoms with Gasteiger partial charge in [-0.25, -0.2) is 0 Å². The molecule has 2 atom stereocenters. The summed E-state index contributed by atoms with van der Waals surface area (Å²) in [5.41, 5.74) is -0.0321. The zero-order valence-corrected chi connectivity index (χ0v) is 9.88. The van der Waals surface area contributed by atoms with Crippen molar-refractivity contribution in [1.29, 1.82) is 5.26 Å². The summed E-state index contributed by atoms with van der Waals surface area (Å²) in [6.45, 7) is 2.08. The quantitative estimate of drug-likeness (QED) is 0.822. The van der Waals surface area contributed by atoms with Gasteiger partial charge in [0.25, 0.3) is 0 Å². The van der Waals surface area contributed by atoms with Gasteiger partial charge in [0.1, 0.15) is 11.5 Å². The van der Waals surface area contributed by atoms with E-state index in [4.69, 9.17) is 10.00 Å². The molecule has 1 aliphatic rings. The molecule has 1 aromatic heterocycles. The number of rotatable bonds is 3. The van der Waals surface area contributed by atoms with Crippen molar-refractivity contribution >= 4 is 11.7 Å². The maximum atomic E-state index is 11.3. The number of nitrogens with zero attached hydrogens (tertiary/aromatic N) is 2. The number of nitrogens with one attached hydrogen (secondary N) is 1. The Balaban J connectivity index is 2.24. The number of aliphatic carboxylic acids is 1. The monoisotopic (exact) mass is 247 g/mol. The van der Waals surface area contributed by atoms with Crippen LogP contribution in [-0.2, 0) is 9.53 Å². The zero-order chi connectivity index (χ0) is 13.2. The van der Waals surface area contributed by atoms with Gasteiger partial charge in [-0.1, -0.05) is 0 Å². The smallest absolute Gasteiger partial charge is 0.313 e. The van der Waals surface area contributed by atoms with Crippen molar-refractivity contribution in [2.45, 2.75) is 13.0 Å². The lowest BCUT2D eigenvalue weighted by Crippen LogP contribution is -2.43. The van der Waals surface area contributed by atoms with Crippen LogP contribution in [0.15, 0.2) is 18.5 Å². The van der Waals surface area contributed by atoms with E-state index in [0.717, 1.165) is 0 Å². The Bertz CT molecular complexity index is 512. The van der Waals surface area contributed by atoms with Gasteiger partial charge in [-0.3, -0.25) is 9.78 Å². The highest BCUT2D eigenvalue weighted by atomic mass is 16.5. The number of nitriles is 1. The Labute approximate surface area is 104 Å². The lowest BCUT2D eigenvalue weighted by atomic mass is 9.85. The Morgan fingerprint density at radius 1 is 1.78 bits per heavy atom. The Kier molecular flexibility index (Phi) is 3.17. The van der Waals surface area contributed by atoms with Crippen molar-refractivity contribution in [1.82, 2.24) is 4.98 Å². The first-order valence-electron chi connectivity index (χ1n) is 5.49. The zero-order valence-electron chi connectivity index (χ0n) is 9.88. The maximum Gasteiger partial charge on any atom is 0.313 e. The van der Waals surface area contributed by atoms with Gasteiger partial charge in [-0.2, -0.15) is 5.26 Å². The third-order valence-electron chi connectivity index (χ3n) is 3.22. The first-order chi connectivity index (χ1) is 8.58. The van der Waals surface area contributed by atoms with Gasteiger partial charge in [0.05, 0.1) is 36.7 Å². The van der Waals surface area contributed by atoms with Crippen molar-refractivity contribution in [3.05, 3.63) is 24.0 Å². The molecule has 94 valence electrons.